The minimum atomic E-state index is -0.204. The zero-order valence-electron chi connectivity index (χ0n) is 8.63. The molecule has 15 heavy (non-hydrogen) atoms. The Hall–Kier alpha value is -1.82. The molecule has 0 amide bonds. The van der Waals surface area contributed by atoms with E-state index in [-0.39, 0.29) is 11.7 Å². The van der Waals surface area contributed by atoms with Gasteiger partial charge in [-0.15, -0.1) is 0 Å². The molecule has 1 aromatic carbocycles. The SMILES string of the molecule is CC(C)c1[nH]c2cc(C#N)ccc2c1F. The summed E-state index contributed by atoms with van der Waals surface area (Å²) in [4.78, 5) is 3.01. The van der Waals surface area contributed by atoms with E-state index in [4.69, 9.17) is 5.26 Å². The number of halogens is 1. The van der Waals surface area contributed by atoms with Crippen LogP contribution >= 0.6 is 0 Å². The molecule has 1 N–H and O–H groups in total. The second kappa shape index (κ2) is 3.39. The van der Waals surface area contributed by atoms with Crippen molar-refractivity contribution >= 4 is 10.9 Å². The number of nitriles is 1. The van der Waals surface area contributed by atoms with E-state index >= 15 is 0 Å². The number of H-pyrrole nitrogens is 1. The number of nitrogens with one attached hydrogen (secondary N) is 1. The highest BCUT2D eigenvalue weighted by molar-refractivity contribution is 5.82. The smallest absolute Gasteiger partial charge is 0.151 e. The van der Waals surface area contributed by atoms with E-state index in [0.29, 0.717) is 22.2 Å². The van der Waals surface area contributed by atoms with Gasteiger partial charge in [0.25, 0.3) is 0 Å². The molecular formula is C12H11FN2. The van der Waals surface area contributed by atoms with Gasteiger partial charge in [-0.05, 0) is 24.1 Å². The minimum absolute atomic E-state index is 0.114. The number of rotatable bonds is 1. The lowest BCUT2D eigenvalue weighted by Gasteiger charge is -1.99. The highest BCUT2D eigenvalue weighted by atomic mass is 19.1. The van der Waals surface area contributed by atoms with Crippen LogP contribution in [-0.2, 0) is 0 Å². The van der Waals surface area contributed by atoms with Crippen LogP contribution in [0.4, 0.5) is 4.39 Å². The minimum Gasteiger partial charge on any atom is -0.356 e. The Morgan fingerprint density at radius 3 is 2.73 bits per heavy atom. The summed E-state index contributed by atoms with van der Waals surface area (Å²) in [6.45, 7) is 3.86. The van der Waals surface area contributed by atoms with Crippen molar-refractivity contribution < 1.29 is 4.39 Å². The lowest BCUT2D eigenvalue weighted by molar-refractivity contribution is 0.605. The van der Waals surface area contributed by atoms with Crippen molar-refractivity contribution in [2.45, 2.75) is 19.8 Å². The maximum Gasteiger partial charge on any atom is 0.151 e. The number of aromatic nitrogens is 1. The largest absolute Gasteiger partial charge is 0.356 e. The zero-order valence-corrected chi connectivity index (χ0v) is 8.63. The Kier molecular flexibility index (Phi) is 2.20. The second-order valence-electron chi connectivity index (χ2n) is 3.88. The summed E-state index contributed by atoms with van der Waals surface area (Å²) < 4.78 is 13.8. The summed E-state index contributed by atoms with van der Waals surface area (Å²) in [5.41, 5.74) is 1.83. The monoisotopic (exact) mass is 202 g/mol. The van der Waals surface area contributed by atoms with Gasteiger partial charge < -0.3 is 4.98 Å². The number of nitrogens with zero attached hydrogens (tertiary/aromatic N) is 1. The normalized spacial score (nSPS) is 10.9. The van der Waals surface area contributed by atoms with Crippen LogP contribution < -0.4 is 0 Å². The van der Waals surface area contributed by atoms with Crippen molar-refractivity contribution in [3.63, 3.8) is 0 Å². The average Bonchev–Trinajstić information content (AvgIpc) is 2.55. The van der Waals surface area contributed by atoms with E-state index in [2.05, 4.69) is 4.98 Å². The lowest BCUT2D eigenvalue weighted by atomic mass is 10.1. The van der Waals surface area contributed by atoms with Gasteiger partial charge in [0, 0.05) is 10.9 Å². The van der Waals surface area contributed by atoms with Gasteiger partial charge in [-0.2, -0.15) is 5.26 Å². The van der Waals surface area contributed by atoms with Crippen LogP contribution in [0.3, 0.4) is 0 Å². The molecule has 2 aromatic rings. The van der Waals surface area contributed by atoms with Gasteiger partial charge in [-0.3, -0.25) is 0 Å². The molecule has 0 spiro atoms. The zero-order chi connectivity index (χ0) is 11.0. The molecular weight excluding hydrogens is 191 g/mol. The molecule has 0 bridgehead atoms. The van der Waals surface area contributed by atoms with E-state index < -0.39 is 0 Å². The molecule has 2 nitrogen and oxygen atoms in total. The summed E-state index contributed by atoms with van der Waals surface area (Å²) in [5, 5.41) is 9.28. The first-order valence-corrected chi connectivity index (χ1v) is 4.84. The van der Waals surface area contributed by atoms with Gasteiger partial charge in [0.2, 0.25) is 0 Å². The van der Waals surface area contributed by atoms with Crippen LogP contribution in [0.15, 0.2) is 18.2 Å². The first-order chi connectivity index (χ1) is 7.13. The molecule has 2 rings (SSSR count). The number of hydrogen-bond acceptors (Lipinski definition) is 1. The van der Waals surface area contributed by atoms with Crippen LogP contribution in [-0.4, -0.2) is 4.98 Å². The molecule has 0 unspecified atom stereocenters. The van der Waals surface area contributed by atoms with E-state index in [9.17, 15) is 4.39 Å². The van der Waals surface area contributed by atoms with Crippen molar-refractivity contribution in [3.05, 3.63) is 35.3 Å². The molecule has 0 aliphatic rings. The van der Waals surface area contributed by atoms with Gasteiger partial charge in [0.1, 0.15) is 0 Å². The third-order valence-corrected chi connectivity index (χ3v) is 2.47. The molecule has 1 aromatic heterocycles. The van der Waals surface area contributed by atoms with Crippen molar-refractivity contribution in [3.8, 4) is 6.07 Å². The average molecular weight is 202 g/mol. The maximum absolute atomic E-state index is 13.8. The Bertz CT molecular complexity index is 546. The van der Waals surface area contributed by atoms with Crippen LogP contribution in [0.2, 0.25) is 0 Å². The van der Waals surface area contributed by atoms with E-state index in [1.165, 1.54) is 0 Å². The van der Waals surface area contributed by atoms with Gasteiger partial charge in [-0.1, -0.05) is 13.8 Å². The highest BCUT2D eigenvalue weighted by Crippen LogP contribution is 2.26. The third kappa shape index (κ3) is 1.48. The summed E-state index contributed by atoms with van der Waals surface area (Å²) >= 11 is 0. The molecule has 76 valence electrons. The Morgan fingerprint density at radius 1 is 1.40 bits per heavy atom. The molecule has 0 saturated heterocycles. The first kappa shape index (κ1) is 9.72. The van der Waals surface area contributed by atoms with Crippen LogP contribution in [0, 0.1) is 17.1 Å². The van der Waals surface area contributed by atoms with Crippen LogP contribution in [0.5, 0.6) is 0 Å². The fourth-order valence-corrected chi connectivity index (χ4v) is 1.65. The molecule has 0 fully saturated rings. The van der Waals surface area contributed by atoms with E-state index in [1.807, 2.05) is 19.9 Å². The number of hydrogen-bond donors (Lipinski definition) is 1. The summed E-state index contributed by atoms with van der Waals surface area (Å²) in [6, 6.07) is 6.98. The van der Waals surface area contributed by atoms with E-state index in [1.54, 1.807) is 18.2 Å². The van der Waals surface area contributed by atoms with Gasteiger partial charge in [-0.25, -0.2) is 4.39 Å². The quantitative estimate of drug-likeness (QED) is 0.757. The fraction of sp³-hybridized carbons (Fsp3) is 0.250. The fourth-order valence-electron chi connectivity index (χ4n) is 1.65. The summed E-state index contributed by atoms with van der Waals surface area (Å²) in [5.74, 6) is -0.0903. The van der Waals surface area contributed by atoms with Gasteiger partial charge in [0.15, 0.2) is 5.82 Å². The van der Waals surface area contributed by atoms with Crippen molar-refractivity contribution in [2.24, 2.45) is 0 Å². The first-order valence-electron chi connectivity index (χ1n) is 4.84. The predicted molar refractivity (Wildman–Crippen MR) is 57.1 cm³/mol. The molecule has 0 radical (unpaired) electrons. The standard InChI is InChI=1S/C12H11FN2/c1-7(2)12-11(13)9-4-3-8(6-14)5-10(9)15-12/h3-5,7,15H,1-2H3. The summed E-state index contributed by atoms with van der Waals surface area (Å²) in [6.07, 6.45) is 0. The van der Waals surface area contributed by atoms with Crippen molar-refractivity contribution in [2.75, 3.05) is 0 Å². The van der Waals surface area contributed by atoms with Crippen molar-refractivity contribution in [1.29, 1.82) is 5.26 Å². The van der Waals surface area contributed by atoms with Gasteiger partial charge in [0.05, 0.1) is 17.3 Å². The molecule has 1 heterocycles. The number of aromatic amines is 1. The molecule has 0 atom stereocenters. The Morgan fingerprint density at radius 2 is 2.13 bits per heavy atom. The van der Waals surface area contributed by atoms with Crippen LogP contribution in [0.1, 0.15) is 31.0 Å². The molecule has 0 saturated carbocycles. The highest BCUT2D eigenvalue weighted by Gasteiger charge is 2.13. The predicted octanol–water partition coefficient (Wildman–Crippen LogP) is 3.30. The van der Waals surface area contributed by atoms with Crippen molar-refractivity contribution in [1.82, 2.24) is 4.98 Å². The number of fused-ring (bicyclic) bond motifs is 1. The lowest BCUT2D eigenvalue weighted by Crippen LogP contribution is -1.89. The molecule has 0 aliphatic heterocycles. The summed E-state index contributed by atoms with van der Waals surface area (Å²) in [7, 11) is 0. The Labute approximate surface area is 87.3 Å². The topological polar surface area (TPSA) is 39.6 Å². The second-order valence-corrected chi connectivity index (χ2v) is 3.88. The maximum atomic E-state index is 13.8. The molecule has 0 aliphatic carbocycles. The van der Waals surface area contributed by atoms with E-state index in [0.717, 1.165) is 0 Å². The molecule has 3 heteroatoms. The Balaban J connectivity index is 2.72. The van der Waals surface area contributed by atoms with Crippen LogP contribution in [0.25, 0.3) is 10.9 Å². The van der Waals surface area contributed by atoms with Gasteiger partial charge >= 0.3 is 0 Å². The third-order valence-electron chi connectivity index (χ3n) is 2.47. The number of benzene rings is 1.